The Morgan fingerprint density at radius 1 is 0.842 bits per heavy atom. The minimum atomic E-state index is -0.236. The predicted octanol–water partition coefficient (Wildman–Crippen LogP) is 7.99. The molecule has 0 amide bonds. The zero-order chi connectivity index (χ0) is 27.3. The monoisotopic (exact) mass is 544 g/mol. The van der Waals surface area contributed by atoms with E-state index in [1.54, 1.807) is 4.68 Å². The third-order valence-corrected chi connectivity index (χ3v) is 7.16. The number of allylic oxidation sites excluding steroid dienone is 4. The van der Waals surface area contributed by atoms with Crippen LogP contribution in [0.25, 0.3) is 11.0 Å². The highest BCUT2D eigenvalue weighted by molar-refractivity contribution is 8.00. The summed E-state index contributed by atoms with van der Waals surface area (Å²) < 4.78 is 13.0. The van der Waals surface area contributed by atoms with Crippen molar-refractivity contribution in [2.45, 2.75) is 109 Å². The molecule has 0 spiro atoms. The molecule has 0 radical (unpaired) electrons. The van der Waals surface area contributed by atoms with E-state index >= 15 is 0 Å². The Labute approximate surface area is 233 Å². The standard InChI is InChI=1S/C30H48N4O3S/c1-4-6-8-9-10-11-12-13-14-15-16-17-18-19-20-21-23-37-30-28-27(33-34(30)3)29(32-25-31-28)38-24-26(35)36-22-7-5-2/h10-11,13-14,25H,4-9,12,15-24H2,1-3H3. The largest absolute Gasteiger partial charge is 0.476 e. The van der Waals surface area contributed by atoms with Crippen molar-refractivity contribution in [3.63, 3.8) is 0 Å². The number of rotatable bonds is 22. The average molecular weight is 545 g/mol. The zero-order valence-corrected chi connectivity index (χ0v) is 24.6. The van der Waals surface area contributed by atoms with Crippen molar-refractivity contribution in [3.05, 3.63) is 30.6 Å². The molecule has 2 heterocycles. The van der Waals surface area contributed by atoms with Crippen LogP contribution in [0.5, 0.6) is 5.88 Å². The summed E-state index contributed by atoms with van der Waals surface area (Å²) in [4.78, 5) is 20.6. The fourth-order valence-electron chi connectivity index (χ4n) is 3.98. The molecule has 2 aromatic heterocycles. The van der Waals surface area contributed by atoms with Gasteiger partial charge in [0.05, 0.1) is 19.0 Å². The van der Waals surface area contributed by atoms with Crippen molar-refractivity contribution < 1.29 is 14.3 Å². The second kappa shape index (κ2) is 20.6. The normalized spacial score (nSPS) is 11.8. The Balaban J connectivity index is 1.59. The molecule has 0 N–H and O–H groups in total. The quantitative estimate of drug-likeness (QED) is 0.0488. The van der Waals surface area contributed by atoms with E-state index in [9.17, 15) is 4.79 Å². The van der Waals surface area contributed by atoms with Crippen molar-refractivity contribution in [3.8, 4) is 5.88 Å². The number of thioether (sulfide) groups is 1. The van der Waals surface area contributed by atoms with Crippen LogP contribution in [0.1, 0.15) is 104 Å². The Morgan fingerprint density at radius 3 is 2.26 bits per heavy atom. The number of nitrogens with zero attached hydrogens (tertiary/aromatic N) is 4. The van der Waals surface area contributed by atoms with Gasteiger partial charge in [0.1, 0.15) is 16.9 Å². The molecule has 0 aliphatic carbocycles. The maximum atomic E-state index is 11.9. The van der Waals surface area contributed by atoms with Crippen molar-refractivity contribution in [2.75, 3.05) is 19.0 Å². The molecule has 8 heteroatoms. The minimum Gasteiger partial charge on any atom is -0.476 e. The molecule has 0 aromatic carbocycles. The van der Waals surface area contributed by atoms with E-state index in [1.807, 2.05) is 7.05 Å². The van der Waals surface area contributed by atoms with E-state index in [1.165, 1.54) is 75.9 Å². The molecule has 0 saturated carbocycles. The zero-order valence-electron chi connectivity index (χ0n) is 23.8. The van der Waals surface area contributed by atoms with Crippen molar-refractivity contribution in [2.24, 2.45) is 7.05 Å². The van der Waals surface area contributed by atoms with Crippen LogP contribution in [0.2, 0.25) is 0 Å². The highest BCUT2D eigenvalue weighted by atomic mass is 32.2. The topological polar surface area (TPSA) is 79.1 Å². The SMILES string of the molecule is CCCCCC=CCC=CCCCCCCCCOc1c2ncnc(SCC(=O)OCCCC)c2nn1C. The Bertz CT molecular complexity index is 974. The van der Waals surface area contributed by atoms with Crippen molar-refractivity contribution >= 4 is 28.8 Å². The summed E-state index contributed by atoms with van der Waals surface area (Å²) in [5.41, 5.74) is 1.35. The summed E-state index contributed by atoms with van der Waals surface area (Å²) in [5.74, 6) is 0.618. The summed E-state index contributed by atoms with van der Waals surface area (Å²) in [5, 5.41) is 5.21. The smallest absolute Gasteiger partial charge is 0.316 e. The van der Waals surface area contributed by atoms with Gasteiger partial charge >= 0.3 is 5.97 Å². The molecule has 0 unspecified atom stereocenters. The van der Waals surface area contributed by atoms with Crippen LogP contribution < -0.4 is 4.74 Å². The van der Waals surface area contributed by atoms with Crippen LogP contribution in [-0.2, 0) is 16.6 Å². The van der Waals surface area contributed by atoms with Crippen LogP contribution in [0.4, 0.5) is 0 Å². The van der Waals surface area contributed by atoms with E-state index in [4.69, 9.17) is 9.47 Å². The number of carbonyl (C=O) groups excluding carboxylic acids is 1. The summed E-state index contributed by atoms with van der Waals surface area (Å²) >= 11 is 1.32. The van der Waals surface area contributed by atoms with Gasteiger partial charge in [-0.1, -0.05) is 94.9 Å². The Hall–Kier alpha value is -2.35. The van der Waals surface area contributed by atoms with E-state index < -0.39 is 0 Å². The first kappa shape index (κ1) is 31.9. The number of unbranched alkanes of at least 4 members (excludes halogenated alkanes) is 10. The van der Waals surface area contributed by atoms with E-state index in [2.05, 4.69) is 53.2 Å². The van der Waals surface area contributed by atoms with Gasteiger partial charge in [0.25, 0.3) is 0 Å². The van der Waals surface area contributed by atoms with E-state index in [0.717, 1.165) is 32.1 Å². The third kappa shape index (κ3) is 12.9. The second-order valence-corrected chi connectivity index (χ2v) is 10.6. The lowest BCUT2D eigenvalue weighted by Crippen LogP contribution is -2.08. The number of ether oxygens (including phenoxy) is 2. The molecule has 0 bridgehead atoms. The van der Waals surface area contributed by atoms with Crippen LogP contribution in [0.3, 0.4) is 0 Å². The fraction of sp³-hybridized carbons (Fsp3) is 0.667. The van der Waals surface area contributed by atoms with Gasteiger partial charge in [-0.25, -0.2) is 14.6 Å². The molecular formula is C30H48N4O3S. The van der Waals surface area contributed by atoms with Gasteiger partial charge in [-0.2, -0.15) is 5.10 Å². The maximum Gasteiger partial charge on any atom is 0.316 e. The fourth-order valence-corrected chi connectivity index (χ4v) is 4.72. The van der Waals surface area contributed by atoms with Gasteiger partial charge in [0, 0.05) is 7.05 Å². The summed E-state index contributed by atoms with van der Waals surface area (Å²) in [6, 6.07) is 0. The summed E-state index contributed by atoms with van der Waals surface area (Å²) in [6.07, 6.45) is 27.3. The van der Waals surface area contributed by atoms with Gasteiger partial charge in [0.2, 0.25) is 5.88 Å². The lowest BCUT2D eigenvalue weighted by Gasteiger charge is -2.06. The molecule has 0 atom stereocenters. The number of hydrogen-bond acceptors (Lipinski definition) is 7. The number of aryl methyl sites for hydroxylation is 1. The molecule has 2 aromatic rings. The second-order valence-electron chi connectivity index (χ2n) is 9.60. The highest BCUT2D eigenvalue weighted by Crippen LogP contribution is 2.29. The molecular weight excluding hydrogens is 496 g/mol. The van der Waals surface area contributed by atoms with Crippen LogP contribution in [-0.4, -0.2) is 44.7 Å². The molecule has 0 fully saturated rings. The molecule has 2 rings (SSSR count). The van der Waals surface area contributed by atoms with Gasteiger partial charge < -0.3 is 9.47 Å². The van der Waals surface area contributed by atoms with Gasteiger partial charge in [0.15, 0.2) is 5.52 Å². The van der Waals surface area contributed by atoms with E-state index in [-0.39, 0.29) is 11.7 Å². The lowest BCUT2D eigenvalue weighted by molar-refractivity contribution is -0.140. The average Bonchev–Trinajstić information content (AvgIpc) is 3.24. The maximum absolute atomic E-state index is 11.9. The highest BCUT2D eigenvalue weighted by Gasteiger charge is 2.17. The van der Waals surface area contributed by atoms with Crippen LogP contribution in [0, 0.1) is 0 Å². The predicted molar refractivity (Wildman–Crippen MR) is 158 cm³/mol. The van der Waals surface area contributed by atoms with Crippen LogP contribution in [0.15, 0.2) is 35.7 Å². The number of hydrogen-bond donors (Lipinski definition) is 0. The number of carbonyl (C=O) groups is 1. The first-order chi connectivity index (χ1) is 18.7. The number of fused-ring (bicyclic) bond motifs is 1. The summed E-state index contributed by atoms with van der Waals surface area (Å²) in [7, 11) is 1.85. The Morgan fingerprint density at radius 2 is 1.53 bits per heavy atom. The van der Waals surface area contributed by atoms with Crippen molar-refractivity contribution in [1.29, 1.82) is 0 Å². The molecule has 0 aliphatic heterocycles. The molecule has 38 heavy (non-hydrogen) atoms. The molecule has 0 aliphatic rings. The van der Waals surface area contributed by atoms with Crippen LogP contribution >= 0.6 is 11.8 Å². The Kier molecular flexibility index (Phi) is 17.3. The van der Waals surface area contributed by atoms with Gasteiger partial charge in [-0.05, 0) is 44.9 Å². The molecule has 0 saturated heterocycles. The first-order valence-corrected chi connectivity index (χ1v) is 15.5. The molecule has 7 nitrogen and oxygen atoms in total. The van der Waals surface area contributed by atoms with E-state index in [0.29, 0.717) is 35.2 Å². The van der Waals surface area contributed by atoms with Gasteiger partial charge in [-0.3, -0.25) is 4.79 Å². The third-order valence-electron chi connectivity index (χ3n) is 6.21. The minimum absolute atomic E-state index is 0.204. The number of aromatic nitrogens is 4. The first-order valence-electron chi connectivity index (χ1n) is 14.6. The lowest BCUT2D eigenvalue weighted by atomic mass is 10.1. The molecule has 212 valence electrons. The van der Waals surface area contributed by atoms with Gasteiger partial charge in [-0.15, -0.1) is 0 Å². The van der Waals surface area contributed by atoms with Crippen molar-refractivity contribution in [1.82, 2.24) is 19.7 Å². The number of esters is 1. The summed E-state index contributed by atoms with van der Waals surface area (Å²) in [6.45, 7) is 5.42.